The van der Waals surface area contributed by atoms with Crippen LogP contribution in [0, 0.1) is 0 Å². The topological polar surface area (TPSA) is 174 Å². The molecule has 3 fully saturated rings. The summed E-state index contributed by atoms with van der Waals surface area (Å²) in [7, 11) is 1.73. The van der Waals surface area contributed by atoms with Gasteiger partial charge in [-0.3, -0.25) is 9.58 Å². The molecule has 11 heteroatoms. The van der Waals surface area contributed by atoms with E-state index < -0.39 is 6.10 Å². The lowest BCUT2D eigenvalue weighted by molar-refractivity contribution is -0.104. The molecule has 9 N–H and O–H groups in total. The molecule has 3 saturated carbocycles. The van der Waals surface area contributed by atoms with E-state index in [4.69, 9.17) is 27.1 Å². The molecule has 2 aromatic heterocycles. The lowest BCUT2D eigenvalue weighted by Gasteiger charge is -2.60. The number of aliphatic hydroxyl groups is 1. The van der Waals surface area contributed by atoms with Crippen molar-refractivity contribution in [2.75, 3.05) is 43.7 Å². The number of rotatable bonds is 13. The molecule has 2 atom stereocenters. The van der Waals surface area contributed by atoms with E-state index in [1.165, 1.54) is 5.56 Å². The number of benzene rings is 2. The predicted octanol–water partition coefficient (Wildman–Crippen LogP) is 3.97. The molecule has 3 aliphatic carbocycles. The van der Waals surface area contributed by atoms with Crippen LogP contribution in [0.4, 0.5) is 17.3 Å². The Morgan fingerprint density at radius 3 is 2.52 bits per heavy atom. The van der Waals surface area contributed by atoms with E-state index in [1.807, 2.05) is 41.2 Å². The van der Waals surface area contributed by atoms with Crippen molar-refractivity contribution in [1.82, 2.24) is 19.7 Å². The Morgan fingerprint density at radius 1 is 1.04 bits per heavy atom. The number of aromatic hydroxyl groups is 1. The van der Waals surface area contributed by atoms with Gasteiger partial charge in [-0.25, -0.2) is 10.8 Å². The molecule has 2 unspecified atom stereocenters. The number of nitrogen functional groups attached to an aromatic ring is 3. The summed E-state index contributed by atoms with van der Waals surface area (Å²) >= 11 is 0. The average molecular weight is 627 g/mol. The number of nitrogens with one attached hydrogen (secondary N) is 1. The molecule has 2 bridgehead atoms. The molecule has 3 aliphatic rings. The number of anilines is 3. The SMILES string of the molecule is COCCN(CCC(c1ccn(Cc2cccc(O)c2)n1)c1cc(N)nc(NN)c1N)C12CCC(c3ccccc3)(CC1)C(O)C2. The van der Waals surface area contributed by atoms with Gasteiger partial charge in [0.2, 0.25) is 0 Å². The maximum Gasteiger partial charge on any atom is 0.165 e. The minimum Gasteiger partial charge on any atom is -0.508 e. The fraction of sp³-hybridized carbons (Fsp3) is 0.429. The van der Waals surface area contributed by atoms with Crippen LogP contribution in [0.3, 0.4) is 0 Å². The van der Waals surface area contributed by atoms with Crippen LogP contribution in [-0.2, 0) is 16.7 Å². The third-order valence-corrected chi connectivity index (χ3v) is 10.5. The quantitative estimate of drug-likeness (QED) is 0.0942. The molecule has 0 spiro atoms. The second-order valence-electron chi connectivity index (χ2n) is 12.9. The maximum absolute atomic E-state index is 11.7. The number of aromatic nitrogens is 3. The number of hydrazine groups is 1. The lowest BCUT2D eigenvalue weighted by Crippen LogP contribution is -2.64. The predicted molar refractivity (Wildman–Crippen MR) is 180 cm³/mol. The smallest absolute Gasteiger partial charge is 0.165 e. The molecule has 244 valence electrons. The number of ether oxygens (including phenoxy) is 1. The zero-order chi connectivity index (χ0) is 32.3. The van der Waals surface area contributed by atoms with Gasteiger partial charge in [-0.05, 0) is 86.0 Å². The Labute approximate surface area is 270 Å². The molecule has 4 aromatic rings. The number of phenolic OH excluding ortho intramolecular Hbond substituents is 1. The first kappa shape index (κ1) is 31.8. The van der Waals surface area contributed by atoms with Crippen LogP contribution in [0.5, 0.6) is 5.75 Å². The van der Waals surface area contributed by atoms with Crippen LogP contribution in [0.25, 0.3) is 0 Å². The summed E-state index contributed by atoms with van der Waals surface area (Å²) in [6.07, 6.45) is 6.87. The second-order valence-corrected chi connectivity index (χ2v) is 12.9. The van der Waals surface area contributed by atoms with Gasteiger partial charge >= 0.3 is 0 Å². The summed E-state index contributed by atoms with van der Waals surface area (Å²) < 4.78 is 7.45. The Balaban J connectivity index is 1.29. The summed E-state index contributed by atoms with van der Waals surface area (Å²) in [5.74, 6) is 6.43. The highest BCUT2D eigenvalue weighted by Crippen LogP contribution is 2.56. The third kappa shape index (κ3) is 6.15. The summed E-state index contributed by atoms with van der Waals surface area (Å²) in [5, 5.41) is 26.6. The number of fused-ring (bicyclic) bond motifs is 3. The van der Waals surface area contributed by atoms with Crippen LogP contribution in [0.1, 0.15) is 66.8 Å². The summed E-state index contributed by atoms with van der Waals surface area (Å²) in [6.45, 7) is 2.60. The van der Waals surface area contributed by atoms with Crippen LogP contribution in [-0.4, -0.2) is 68.3 Å². The second kappa shape index (κ2) is 13.3. The first-order valence-corrected chi connectivity index (χ1v) is 16.1. The minimum absolute atomic E-state index is 0.125. The van der Waals surface area contributed by atoms with E-state index >= 15 is 0 Å². The van der Waals surface area contributed by atoms with Gasteiger partial charge in [0.15, 0.2) is 5.82 Å². The average Bonchev–Trinajstić information content (AvgIpc) is 3.52. The third-order valence-electron chi connectivity index (χ3n) is 10.5. The molecule has 2 aromatic carbocycles. The number of hydrogen-bond acceptors (Lipinski definition) is 10. The number of nitrogens with two attached hydrogens (primary N) is 3. The van der Waals surface area contributed by atoms with Crippen LogP contribution in [0.2, 0.25) is 0 Å². The van der Waals surface area contributed by atoms with Gasteiger partial charge in [0, 0.05) is 36.7 Å². The van der Waals surface area contributed by atoms with Crippen molar-refractivity contribution in [3.05, 3.63) is 95.3 Å². The summed E-state index contributed by atoms with van der Waals surface area (Å²) in [4.78, 5) is 6.82. The molecule has 7 rings (SSSR count). The fourth-order valence-electron chi connectivity index (χ4n) is 7.97. The number of hydrogen-bond donors (Lipinski definition) is 6. The highest BCUT2D eigenvalue weighted by atomic mass is 16.5. The van der Waals surface area contributed by atoms with Crippen molar-refractivity contribution in [1.29, 1.82) is 0 Å². The molecule has 0 saturated heterocycles. The van der Waals surface area contributed by atoms with Gasteiger partial charge in [0.05, 0.1) is 30.6 Å². The van der Waals surface area contributed by atoms with Crippen molar-refractivity contribution >= 4 is 17.3 Å². The van der Waals surface area contributed by atoms with Crippen molar-refractivity contribution < 1.29 is 14.9 Å². The molecule has 0 radical (unpaired) electrons. The van der Waals surface area contributed by atoms with Gasteiger partial charge in [-0.2, -0.15) is 5.10 Å². The first-order chi connectivity index (χ1) is 22.3. The largest absolute Gasteiger partial charge is 0.508 e. The fourth-order valence-corrected chi connectivity index (χ4v) is 7.97. The molecule has 11 nitrogen and oxygen atoms in total. The number of phenols is 1. The normalized spacial score (nSPS) is 23.1. The van der Waals surface area contributed by atoms with Crippen molar-refractivity contribution in [3.63, 3.8) is 0 Å². The van der Waals surface area contributed by atoms with Crippen molar-refractivity contribution in [2.45, 2.75) is 68.0 Å². The van der Waals surface area contributed by atoms with Crippen molar-refractivity contribution in [3.8, 4) is 5.75 Å². The number of nitrogens with zero attached hydrogens (tertiary/aromatic N) is 4. The zero-order valence-corrected chi connectivity index (χ0v) is 26.5. The van der Waals surface area contributed by atoms with E-state index in [2.05, 4.69) is 39.6 Å². The van der Waals surface area contributed by atoms with Crippen molar-refractivity contribution in [2.24, 2.45) is 5.84 Å². The molecule has 46 heavy (non-hydrogen) atoms. The Hall–Kier alpha value is -4.16. The van der Waals surface area contributed by atoms with E-state index in [1.54, 1.807) is 19.2 Å². The van der Waals surface area contributed by atoms with E-state index in [-0.39, 0.29) is 22.6 Å². The molecular weight excluding hydrogens is 580 g/mol. The van der Waals surface area contributed by atoms with E-state index in [0.717, 1.165) is 62.0 Å². The lowest BCUT2D eigenvalue weighted by atomic mass is 9.53. The highest BCUT2D eigenvalue weighted by Gasteiger charge is 2.56. The summed E-state index contributed by atoms with van der Waals surface area (Å²) in [6, 6.07) is 21.5. The Morgan fingerprint density at radius 2 is 1.83 bits per heavy atom. The summed E-state index contributed by atoms with van der Waals surface area (Å²) in [5.41, 5.74) is 19.4. The Bertz CT molecular complexity index is 1620. The van der Waals surface area contributed by atoms with Crippen LogP contribution < -0.4 is 22.7 Å². The van der Waals surface area contributed by atoms with E-state index in [9.17, 15) is 10.2 Å². The maximum atomic E-state index is 11.7. The van der Waals surface area contributed by atoms with Gasteiger partial charge in [-0.1, -0.05) is 42.5 Å². The van der Waals surface area contributed by atoms with Crippen LogP contribution >= 0.6 is 0 Å². The van der Waals surface area contributed by atoms with Gasteiger partial charge in [-0.15, -0.1) is 0 Å². The van der Waals surface area contributed by atoms with Gasteiger partial charge in [0.25, 0.3) is 0 Å². The minimum atomic E-state index is -0.416. The number of pyridine rings is 1. The van der Waals surface area contributed by atoms with E-state index in [0.29, 0.717) is 36.9 Å². The molecule has 0 aliphatic heterocycles. The number of aliphatic hydroxyl groups excluding tert-OH is 1. The Kier molecular flexibility index (Phi) is 9.19. The van der Waals surface area contributed by atoms with Gasteiger partial charge < -0.3 is 31.8 Å². The highest BCUT2D eigenvalue weighted by molar-refractivity contribution is 5.69. The monoisotopic (exact) mass is 626 g/mol. The standard InChI is InChI=1S/C35H46N8O3/c1-46-19-18-42(34-12-14-35(15-13-34,30(45)22-34)25-7-3-2-4-8-25)16-10-27(28-21-31(36)39-33(40-38)32(28)37)29-11-17-43(41-29)23-24-6-5-9-26(44)20-24/h2-9,11,17,20-21,27,30,44-45H,10,12-16,18-19,22-23,37-38H2,1H3,(H3,36,39,40). The van der Waals surface area contributed by atoms with Gasteiger partial charge in [0.1, 0.15) is 11.6 Å². The molecule has 0 amide bonds. The zero-order valence-electron chi connectivity index (χ0n) is 26.5. The molecular formula is C35H46N8O3. The molecule has 2 heterocycles. The van der Waals surface area contributed by atoms with Crippen LogP contribution in [0.15, 0.2) is 72.9 Å². The first-order valence-electron chi connectivity index (χ1n) is 16.1. The number of methoxy groups -OCH3 is 1.